The minimum atomic E-state index is -0.245. The molecule has 0 amide bonds. The molecule has 1 heterocycles. The highest BCUT2D eigenvalue weighted by molar-refractivity contribution is 6.54. The van der Waals surface area contributed by atoms with Gasteiger partial charge >= 0.3 is 7.12 Å². The maximum atomic E-state index is 5.98. The second-order valence-electron chi connectivity index (χ2n) is 6.84. The minimum Gasteiger partial charge on any atom is -0.400 e. The lowest BCUT2D eigenvalue weighted by atomic mass is 9.75. The van der Waals surface area contributed by atoms with E-state index in [1.807, 2.05) is 0 Å². The molecule has 0 N–H and O–H groups in total. The van der Waals surface area contributed by atoms with E-state index in [4.69, 9.17) is 9.31 Å². The number of hydrogen-bond donors (Lipinski definition) is 0. The molecule has 16 heavy (non-hydrogen) atoms. The monoisotopic (exact) mass is 224 g/mol. The van der Waals surface area contributed by atoms with Crippen LogP contribution >= 0.6 is 0 Å². The third kappa shape index (κ3) is 2.89. The maximum Gasteiger partial charge on any atom is 0.489 e. The van der Waals surface area contributed by atoms with Crippen molar-refractivity contribution < 1.29 is 9.31 Å². The normalized spacial score (nSPS) is 25.0. The van der Waals surface area contributed by atoms with Crippen LogP contribution in [0.25, 0.3) is 0 Å². The van der Waals surface area contributed by atoms with Crippen molar-refractivity contribution in [3.8, 4) is 0 Å². The SMILES string of the molecule is C/C(=C/C(C)(C)C)B1OC(C)(C)C(C)(C)O1. The lowest BCUT2D eigenvalue weighted by Crippen LogP contribution is -2.41. The smallest absolute Gasteiger partial charge is 0.400 e. The molecule has 0 spiro atoms. The van der Waals surface area contributed by atoms with Crippen molar-refractivity contribution in [1.29, 1.82) is 0 Å². The van der Waals surface area contributed by atoms with Gasteiger partial charge in [-0.15, -0.1) is 0 Å². The third-order valence-corrected chi connectivity index (χ3v) is 3.29. The highest BCUT2D eigenvalue weighted by Crippen LogP contribution is 2.38. The Balaban J connectivity index is 2.85. The summed E-state index contributed by atoms with van der Waals surface area (Å²) in [6.07, 6.45) is 2.22. The van der Waals surface area contributed by atoms with E-state index in [1.54, 1.807) is 0 Å². The van der Waals surface area contributed by atoms with Gasteiger partial charge in [0, 0.05) is 0 Å². The summed E-state index contributed by atoms with van der Waals surface area (Å²) in [5.41, 5.74) is 0.828. The molecule has 0 radical (unpaired) electrons. The zero-order chi connectivity index (χ0) is 12.8. The van der Waals surface area contributed by atoms with E-state index in [0.717, 1.165) is 5.47 Å². The fourth-order valence-corrected chi connectivity index (χ4v) is 1.78. The molecule has 0 saturated carbocycles. The Kier molecular flexibility index (Phi) is 3.35. The van der Waals surface area contributed by atoms with Crippen molar-refractivity contribution in [3.05, 3.63) is 11.5 Å². The third-order valence-electron chi connectivity index (χ3n) is 3.29. The van der Waals surface area contributed by atoms with E-state index in [-0.39, 0.29) is 23.7 Å². The summed E-state index contributed by atoms with van der Waals surface area (Å²) in [4.78, 5) is 0. The molecule has 1 aliphatic heterocycles. The molecule has 0 unspecified atom stereocenters. The Morgan fingerprint density at radius 1 is 1.00 bits per heavy atom. The summed E-state index contributed by atoms with van der Waals surface area (Å²) in [5, 5.41) is 0. The van der Waals surface area contributed by atoms with E-state index in [1.165, 1.54) is 0 Å². The zero-order valence-electron chi connectivity index (χ0n) is 12.0. The van der Waals surface area contributed by atoms with Crippen LogP contribution in [0.4, 0.5) is 0 Å². The predicted molar refractivity (Wildman–Crippen MR) is 69.3 cm³/mol. The summed E-state index contributed by atoms with van der Waals surface area (Å²) < 4.78 is 12.0. The number of hydrogen-bond acceptors (Lipinski definition) is 2. The van der Waals surface area contributed by atoms with Gasteiger partial charge in [0.05, 0.1) is 11.2 Å². The first-order valence-corrected chi connectivity index (χ1v) is 6.00. The van der Waals surface area contributed by atoms with Crippen molar-refractivity contribution in [2.45, 2.75) is 66.6 Å². The summed E-state index contributed by atoms with van der Waals surface area (Å²) in [6.45, 7) is 16.9. The molecule has 92 valence electrons. The molecular weight excluding hydrogens is 199 g/mol. The van der Waals surface area contributed by atoms with Gasteiger partial charge in [-0.25, -0.2) is 0 Å². The molecule has 0 aliphatic carbocycles. The fourth-order valence-electron chi connectivity index (χ4n) is 1.78. The number of rotatable bonds is 1. The quantitative estimate of drug-likeness (QED) is 0.633. The van der Waals surface area contributed by atoms with Crippen molar-refractivity contribution in [2.24, 2.45) is 5.41 Å². The molecule has 1 saturated heterocycles. The van der Waals surface area contributed by atoms with Crippen LogP contribution in [0.2, 0.25) is 0 Å². The standard InChI is InChI=1S/C13H25BO2/c1-10(9-11(2,3)4)14-15-12(5,6)13(7,8)16-14/h9H,1-8H3/b10-9-. The van der Waals surface area contributed by atoms with Crippen LogP contribution in [-0.4, -0.2) is 18.3 Å². The lowest BCUT2D eigenvalue weighted by Gasteiger charge is -2.32. The van der Waals surface area contributed by atoms with Crippen LogP contribution in [0.1, 0.15) is 55.4 Å². The summed E-state index contributed by atoms with van der Waals surface area (Å²) in [6, 6.07) is 0. The molecule has 1 aliphatic rings. The van der Waals surface area contributed by atoms with Gasteiger partial charge < -0.3 is 9.31 Å². The molecule has 0 atom stereocenters. The van der Waals surface area contributed by atoms with Gasteiger partial charge in [-0.1, -0.05) is 26.8 Å². The molecular formula is C13H25BO2. The molecule has 3 heteroatoms. The van der Waals surface area contributed by atoms with Gasteiger partial charge in [-0.3, -0.25) is 0 Å². The van der Waals surface area contributed by atoms with Crippen molar-refractivity contribution in [1.82, 2.24) is 0 Å². The molecule has 0 bridgehead atoms. The topological polar surface area (TPSA) is 18.5 Å². The Labute approximate surface area is 101 Å². The summed E-state index contributed by atoms with van der Waals surface area (Å²) in [5.74, 6) is 0. The Bertz CT molecular complexity index is 282. The van der Waals surface area contributed by atoms with Gasteiger partial charge in [-0.2, -0.15) is 0 Å². The van der Waals surface area contributed by atoms with Gasteiger partial charge in [0.2, 0.25) is 0 Å². The summed E-state index contributed by atoms with van der Waals surface area (Å²) in [7, 11) is -0.204. The molecule has 0 aromatic carbocycles. The Hall–Kier alpha value is -0.275. The Morgan fingerprint density at radius 3 is 1.69 bits per heavy atom. The first-order valence-electron chi connectivity index (χ1n) is 6.00. The molecule has 1 rings (SSSR count). The van der Waals surface area contributed by atoms with E-state index >= 15 is 0 Å². The van der Waals surface area contributed by atoms with E-state index in [0.29, 0.717) is 0 Å². The first-order chi connectivity index (χ1) is 6.95. The van der Waals surface area contributed by atoms with Crippen LogP contribution in [0.5, 0.6) is 0 Å². The van der Waals surface area contributed by atoms with E-state index in [2.05, 4.69) is 61.5 Å². The molecule has 1 fully saturated rings. The maximum absolute atomic E-state index is 5.98. The van der Waals surface area contributed by atoms with Crippen LogP contribution in [0.15, 0.2) is 11.5 Å². The van der Waals surface area contributed by atoms with E-state index < -0.39 is 0 Å². The lowest BCUT2D eigenvalue weighted by molar-refractivity contribution is 0.00578. The second kappa shape index (κ2) is 3.88. The minimum absolute atomic E-state index is 0.160. The largest absolute Gasteiger partial charge is 0.489 e. The zero-order valence-corrected chi connectivity index (χ0v) is 12.0. The highest BCUT2D eigenvalue weighted by Gasteiger charge is 2.51. The first kappa shape index (κ1) is 13.8. The highest BCUT2D eigenvalue weighted by atomic mass is 16.7. The predicted octanol–water partition coefficient (Wildman–Crippen LogP) is 3.61. The van der Waals surface area contributed by atoms with Crippen LogP contribution in [-0.2, 0) is 9.31 Å². The average Bonchev–Trinajstić information content (AvgIpc) is 2.17. The van der Waals surface area contributed by atoms with Crippen molar-refractivity contribution in [2.75, 3.05) is 0 Å². The second-order valence-corrected chi connectivity index (χ2v) is 6.84. The number of allylic oxidation sites excluding steroid dienone is 2. The van der Waals surface area contributed by atoms with Crippen LogP contribution in [0.3, 0.4) is 0 Å². The molecule has 0 aromatic rings. The van der Waals surface area contributed by atoms with Crippen LogP contribution < -0.4 is 0 Å². The average molecular weight is 224 g/mol. The van der Waals surface area contributed by atoms with Gasteiger partial charge in [0.25, 0.3) is 0 Å². The molecule has 2 nitrogen and oxygen atoms in total. The Morgan fingerprint density at radius 2 is 1.38 bits per heavy atom. The van der Waals surface area contributed by atoms with E-state index in [9.17, 15) is 0 Å². The molecule has 0 aromatic heterocycles. The van der Waals surface area contributed by atoms with Gasteiger partial charge in [-0.05, 0) is 45.5 Å². The summed E-state index contributed by atoms with van der Waals surface area (Å²) >= 11 is 0. The van der Waals surface area contributed by atoms with Crippen LogP contribution in [0, 0.1) is 5.41 Å². The van der Waals surface area contributed by atoms with Gasteiger partial charge in [0.15, 0.2) is 0 Å². The van der Waals surface area contributed by atoms with Crippen molar-refractivity contribution in [3.63, 3.8) is 0 Å². The van der Waals surface area contributed by atoms with Gasteiger partial charge in [0.1, 0.15) is 0 Å². The van der Waals surface area contributed by atoms with Crippen molar-refractivity contribution >= 4 is 7.12 Å². The fraction of sp³-hybridized carbons (Fsp3) is 0.846.